The van der Waals surface area contributed by atoms with Crippen molar-refractivity contribution >= 4 is 17.2 Å². The Kier molecular flexibility index (Phi) is 8.44. The quantitative estimate of drug-likeness (QED) is 0.432. The molecule has 3 aromatic rings. The number of nitrogens with zero attached hydrogens (tertiary/aromatic N) is 4. The minimum absolute atomic E-state index is 0.0789. The molecule has 0 aliphatic carbocycles. The van der Waals surface area contributed by atoms with Gasteiger partial charge in [0.15, 0.2) is 0 Å². The topological polar surface area (TPSA) is 80.2 Å². The molecule has 0 unspecified atom stereocenters. The van der Waals surface area contributed by atoms with Crippen LogP contribution in [0.4, 0.5) is 13.2 Å². The van der Waals surface area contributed by atoms with Gasteiger partial charge in [0.1, 0.15) is 10.8 Å². The molecule has 3 rings (SSSR count). The molecule has 0 fully saturated rings. The van der Waals surface area contributed by atoms with E-state index in [9.17, 15) is 18.0 Å². The number of benzene rings is 1. The van der Waals surface area contributed by atoms with Gasteiger partial charge in [0.05, 0.1) is 12.1 Å². The molecule has 0 spiro atoms. The third kappa shape index (κ3) is 7.46. The number of ether oxygens (including phenoxy) is 1. The van der Waals surface area contributed by atoms with Crippen molar-refractivity contribution in [3.8, 4) is 16.3 Å². The number of hydrogen-bond donors (Lipinski definition) is 1. The first-order valence-corrected chi connectivity index (χ1v) is 11.8. The molecule has 188 valence electrons. The van der Waals surface area contributed by atoms with E-state index in [1.807, 2.05) is 34.0 Å². The Bertz CT molecular complexity index is 1150. The average molecular weight is 508 g/mol. The van der Waals surface area contributed by atoms with E-state index in [0.29, 0.717) is 16.9 Å². The van der Waals surface area contributed by atoms with Crippen LogP contribution in [0.5, 0.6) is 5.75 Å². The third-order valence-corrected chi connectivity index (χ3v) is 6.09. The molecule has 2 atom stereocenters. The number of carbonyl (C=O) groups is 1. The molecular weight excluding hydrogens is 479 g/mol. The number of rotatable bonds is 9. The molecule has 11 heteroatoms. The number of thiazole rings is 1. The molecule has 35 heavy (non-hydrogen) atoms. The van der Waals surface area contributed by atoms with Gasteiger partial charge in [-0.25, -0.2) is 15.0 Å². The lowest BCUT2D eigenvalue weighted by Gasteiger charge is -2.19. The lowest BCUT2D eigenvalue weighted by Crippen LogP contribution is -2.27. The van der Waals surface area contributed by atoms with Gasteiger partial charge in [-0.1, -0.05) is 0 Å². The summed E-state index contributed by atoms with van der Waals surface area (Å²) in [6.45, 7) is 6.42. The highest BCUT2D eigenvalue weighted by Gasteiger charge is 2.34. The van der Waals surface area contributed by atoms with Crippen LogP contribution in [0.3, 0.4) is 0 Å². The normalized spacial score (nSPS) is 13.5. The van der Waals surface area contributed by atoms with E-state index < -0.39 is 23.9 Å². The molecule has 1 aromatic carbocycles. The maximum absolute atomic E-state index is 13.1. The first-order chi connectivity index (χ1) is 16.4. The predicted octanol–water partition coefficient (Wildman–Crippen LogP) is 5.14. The fourth-order valence-electron chi connectivity index (χ4n) is 3.21. The van der Waals surface area contributed by atoms with Gasteiger partial charge < -0.3 is 15.0 Å². The van der Waals surface area contributed by atoms with E-state index in [-0.39, 0.29) is 6.10 Å². The highest BCUT2D eigenvalue weighted by molar-refractivity contribution is 7.14. The maximum atomic E-state index is 13.1. The highest BCUT2D eigenvalue weighted by atomic mass is 32.1. The highest BCUT2D eigenvalue weighted by Crippen LogP contribution is 2.30. The van der Waals surface area contributed by atoms with Crippen molar-refractivity contribution in [1.29, 1.82) is 0 Å². The van der Waals surface area contributed by atoms with Gasteiger partial charge in [-0.15, -0.1) is 11.3 Å². The monoisotopic (exact) mass is 507 g/mol. The van der Waals surface area contributed by atoms with Crippen molar-refractivity contribution in [2.75, 3.05) is 20.6 Å². The zero-order valence-corrected chi connectivity index (χ0v) is 21.0. The molecule has 1 amide bonds. The number of nitrogens with one attached hydrogen (secondary N) is 1. The van der Waals surface area contributed by atoms with Crippen LogP contribution in [0.25, 0.3) is 10.6 Å². The zero-order valence-electron chi connectivity index (χ0n) is 20.2. The summed E-state index contributed by atoms with van der Waals surface area (Å²) < 4.78 is 44.3. The maximum Gasteiger partial charge on any atom is 0.451 e. The van der Waals surface area contributed by atoms with Crippen molar-refractivity contribution in [2.24, 2.45) is 0 Å². The predicted molar refractivity (Wildman–Crippen MR) is 128 cm³/mol. The van der Waals surface area contributed by atoms with Gasteiger partial charge in [-0.05, 0) is 59.5 Å². The minimum Gasteiger partial charge on any atom is -0.491 e. The summed E-state index contributed by atoms with van der Waals surface area (Å²) >= 11 is 1.50. The second-order valence-electron chi connectivity index (χ2n) is 8.58. The van der Waals surface area contributed by atoms with Crippen molar-refractivity contribution in [1.82, 2.24) is 25.2 Å². The number of hydrogen-bond acceptors (Lipinski definition) is 7. The molecular formula is C24H28F3N5O2S. The van der Waals surface area contributed by atoms with E-state index in [2.05, 4.69) is 25.2 Å². The lowest BCUT2D eigenvalue weighted by molar-refractivity contribution is -0.145. The van der Waals surface area contributed by atoms with Gasteiger partial charge in [-0.3, -0.25) is 4.79 Å². The smallest absolute Gasteiger partial charge is 0.451 e. The number of amides is 1. The van der Waals surface area contributed by atoms with Gasteiger partial charge >= 0.3 is 6.18 Å². The zero-order chi connectivity index (χ0) is 25.8. The van der Waals surface area contributed by atoms with Crippen LogP contribution in [-0.4, -0.2) is 52.5 Å². The van der Waals surface area contributed by atoms with Crippen LogP contribution in [0.15, 0.2) is 36.8 Å². The fourth-order valence-corrected chi connectivity index (χ4v) is 3.96. The summed E-state index contributed by atoms with van der Waals surface area (Å²) in [6, 6.07) is 4.62. The van der Waals surface area contributed by atoms with Crippen LogP contribution >= 0.6 is 11.3 Å². The van der Waals surface area contributed by atoms with E-state index in [0.717, 1.165) is 40.8 Å². The fraction of sp³-hybridized carbons (Fsp3) is 0.417. The molecule has 0 saturated heterocycles. The van der Waals surface area contributed by atoms with Gasteiger partial charge in [0.2, 0.25) is 5.82 Å². The summed E-state index contributed by atoms with van der Waals surface area (Å²) in [5.41, 5.74) is 1.45. The molecule has 0 saturated carbocycles. The van der Waals surface area contributed by atoms with Gasteiger partial charge in [0, 0.05) is 46.7 Å². The molecule has 7 nitrogen and oxygen atoms in total. The summed E-state index contributed by atoms with van der Waals surface area (Å²) in [5.74, 6) is -1.09. The number of aromatic nitrogens is 3. The Morgan fingerprint density at radius 3 is 2.37 bits per heavy atom. The Hall–Kier alpha value is -3.05. The van der Waals surface area contributed by atoms with E-state index >= 15 is 0 Å². The van der Waals surface area contributed by atoms with E-state index in [4.69, 9.17) is 4.74 Å². The van der Waals surface area contributed by atoms with Crippen molar-refractivity contribution in [3.63, 3.8) is 0 Å². The Morgan fingerprint density at radius 1 is 1.11 bits per heavy atom. The molecule has 0 aliphatic rings. The average Bonchev–Trinajstić information content (AvgIpc) is 3.23. The van der Waals surface area contributed by atoms with Crippen LogP contribution < -0.4 is 10.1 Å². The van der Waals surface area contributed by atoms with Crippen molar-refractivity contribution in [2.45, 2.75) is 45.5 Å². The van der Waals surface area contributed by atoms with Crippen LogP contribution in [0.1, 0.15) is 52.9 Å². The van der Waals surface area contributed by atoms with Gasteiger partial charge in [0.25, 0.3) is 5.91 Å². The van der Waals surface area contributed by atoms with Crippen LogP contribution in [0.2, 0.25) is 0 Å². The second-order valence-corrected chi connectivity index (χ2v) is 9.81. The summed E-state index contributed by atoms with van der Waals surface area (Å²) in [5, 5.41) is 3.55. The molecule has 2 heterocycles. The van der Waals surface area contributed by atoms with Crippen LogP contribution in [-0.2, 0) is 6.18 Å². The van der Waals surface area contributed by atoms with E-state index in [1.165, 1.54) is 11.3 Å². The molecule has 0 bridgehead atoms. The number of carbonyl (C=O) groups excluding carboxylic acids is 1. The third-order valence-electron chi connectivity index (χ3n) is 5.13. The minimum atomic E-state index is -4.63. The Morgan fingerprint density at radius 2 is 1.80 bits per heavy atom. The summed E-state index contributed by atoms with van der Waals surface area (Å²) in [6.07, 6.45) is -0.00301. The molecule has 0 radical (unpaired) electrons. The number of alkyl halides is 3. The Balaban J connectivity index is 1.82. The lowest BCUT2D eigenvalue weighted by atomic mass is 10.1. The number of aryl methyl sites for hydroxylation is 1. The number of halogens is 3. The summed E-state index contributed by atoms with van der Waals surface area (Å²) in [7, 11) is 3.98. The first-order valence-electron chi connectivity index (χ1n) is 11.0. The van der Waals surface area contributed by atoms with Gasteiger partial charge in [-0.2, -0.15) is 13.2 Å². The molecule has 0 aliphatic heterocycles. The van der Waals surface area contributed by atoms with Crippen molar-refractivity contribution < 1.29 is 22.7 Å². The molecule has 1 N–H and O–H groups in total. The standard InChI is InChI=1S/C24H28F3N5O2S/c1-14(6-7-32(4)5)34-20-9-17(8-18(10-20)22-28-11-15(2)35-22)21(33)31-16(3)19-12-29-23(30-13-19)24(25,26)27/h8-14,16H,6-7H2,1-5H3,(H,31,33)/t14-,16-/m1/s1. The second kappa shape index (κ2) is 11.1. The SMILES string of the molecule is Cc1cnc(-c2cc(O[C@H](C)CCN(C)C)cc(C(=O)N[C@H](C)c3cnc(C(F)(F)F)nc3)c2)s1. The first kappa shape index (κ1) is 26.6. The molecule has 2 aromatic heterocycles. The van der Waals surface area contributed by atoms with Crippen LogP contribution in [0, 0.1) is 6.92 Å². The largest absolute Gasteiger partial charge is 0.491 e. The Labute approximate surface area is 206 Å². The summed E-state index contributed by atoms with van der Waals surface area (Å²) in [4.78, 5) is 27.3. The van der Waals surface area contributed by atoms with Crippen molar-refractivity contribution in [3.05, 3.63) is 58.6 Å². The van der Waals surface area contributed by atoms with E-state index in [1.54, 1.807) is 25.3 Å².